The summed E-state index contributed by atoms with van der Waals surface area (Å²) in [5.74, 6) is 0. The van der Waals surface area contributed by atoms with Crippen molar-refractivity contribution < 1.29 is 0 Å². The van der Waals surface area contributed by atoms with Crippen LogP contribution in [-0.2, 0) is 0 Å². The Morgan fingerprint density at radius 3 is 2.25 bits per heavy atom. The van der Waals surface area contributed by atoms with Gasteiger partial charge in [-0.2, -0.15) is 0 Å². The van der Waals surface area contributed by atoms with Crippen LogP contribution >= 0.6 is 11.3 Å². The summed E-state index contributed by atoms with van der Waals surface area (Å²) < 4.78 is 0. The molecule has 2 heteroatoms. The van der Waals surface area contributed by atoms with Gasteiger partial charge in [-0.1, -0.05) is 29.8 Å². The normalized spacial score (nSPS) is 12.8. The van der Waals surface area contributed by atoms with Crippen LogP contribution in [-0.4, -0.2) is 0 Å². The summed E-state index contributed by atoms with van der Waals surface area (Å²) in [6.07, 6.45) is 0. The van der Waals surface area contributed by atoms with Crippen LogP contribution in [0.15, 0.2) is 30.3 Å². The lowest BCUT2D eigenvalue weighted by atomic mass is 10.1. The zero-order chi connectivity index (χ0) is 11.7. The van der Waals surface area contributed by atoms with Crippen molar-refractivity contribution in [1.29, 1.82) is 0 Å². The average molecular weight is 231 g/mol. The first-order chi connectivity index (χ1) is 7.58. The Bertz CT molecular complexity index is 480. The summed E-state index contributed by atoms with van der Waals surface area (Å²) in [6.45, 7) is 6.29. The molecule has 0 saturated carbocycles. The summed E-state index contributed by atoms with van der Waals surface area (Å²) in [5, 5.41) is 0. The Hall–Kier alpha value is -1.12. The third-order valence-electron chi connectivity index (χ3n) is 2.70. The van der Waals surface area contributed by atoms with Gasteiger partial charge in [-0.3, -0.25) is 0 Å². The van der Waals surface area contributed by atoms with Gasteiger partial charge in [0, 0.05) is 15.8 Å². The first-order valence-electron chi connectivity index (χ1n) is 5.51. The molecule has 1 heterocycles. The predicted octanol–water partition coefficient (Wildman–Crippen LogP) is 4.05. The summed E-state index contributed by atoms with van der Waals surface area (Å²) in [4.78, 5) is 2.60. The van der Waals surface area contributed by atoms with Gasteiger partial charge in [-0.25, -0.2) is 0 Å². The molecule has 0 radical (unpaired) electrons. The number of rotatable bonds is 2. The van der Waals surface area contributed by atoms with Gasteiger partial charge in [0.1, 0.15) is 0 Å². The second-order valence-corrected chi connectivity index (χ2v) is 5.40. The van der Waals surface area contributed by atoms with Crippen molar-refractivity contribution in [3.8, 4) is 10.4 Å². The van der Waals surface area contributed by atoms with Crippen LogP contribution in [0, 0.1) is 13.8 Å². The van der Waals surface area contributed by atoms with Gasteiger partial charge in [0.05, 0.1) is 0 Å². The number of benzene rings is 1. The van der Waals surface area contributed by atoms with E-state index in [1.165, 1.54) is 26.4 Å². The number of hydrogen-bond donors (Lipinski definition) is 1. The third kappa shape index (κ3) is 2.18. The summed E-state index contributed by atoms with van der Waals surface area (Å²) in [6, 6.07) is 11.0. The van der Waals surface area contributed by atoms with Crippen molar-refractivity contribution in [3.05, 3.63) is 46.3 Å². The van der Waals surface area contributed by atoms with Crippen LogP contribution < -0.4 is 5.73 Å². The molecular weight excluding hydrogens is 214 g/mol. The molecule has 1 unspecified atom stereocenters. The maximum Gasteiger partial charge on any atom is 0.0375 e. The van der Waals surface area contributed by atoms with Gasteiger partial charge < -0.3 is 5.73 Å². The molecular formula is C14H17NS. The van der Waals surface area contributed by atoms with Gasteiger partial charge in [-0.15, -0.1) is 11.3 Å². The molecule has 2 N–H and O–H groups in total. The second-order valence-electron chi connectivity index (χ2n) is 4.32. The molecule has 0 spiro atoms. The third-order valence-corrected chi connectivity index (χ3v) is 4.19. The van der Waals surface area contributed by atoms with Gasteiger partial charge in [0.15, 0.2) is 0 Å². The van der Waals surface area contributed by atoms with Crippen molar-refractivity contribution in [2.24, 2.45) is 5.73 Å². The SMILES string of the molecule is Cc1ccc(-c2sc(C(C)N)cc2C)cc1. The molecule has 2 aromatic rings. The van der Waals surface area contributed by atoms with Gasteiger partial charge in [-0.05, 0) is 38.0 Å². The lowest BCUT2D eigenvalue weighted by molar-refractivity contribution is 0.838. The van der Waals surface area contributed by atoms with Crippen LogP contribution in [0.2, 0.25) is 0 Å². The number of aryl methyl sites for hydroxylation is 2. The minimum atomic E-state index is 0.128. The fraction of sp³-hybridized carbons (Fsp3) is 0.286. The molecule has 0 bridgehead atoms. The first-order valence-corrected chi connectivity index (χ1v) is 6.32. The van der Waals surface area contributed by atoms with E-state index in [1.54, 1.807) is 11.3 Å². The molecule has 0 amide bonds. The molecule has 2 rings (SSSR count). The van der Waals surface area contributed by atoms with Crippen molar-refractivity contribution in [3.63, 3.8) is 0 Å². The van der Waals surface area contributed by atoms with Gasteiger partial charge in [0.25, 0.3) is 0 Å². The Balaban J connectivity index is 2.44. The van der Waals surface area contributed by atoms with Gasteiger partial charge in [0.2, 0.25) is 0 Å². The lowest BCUT2D eigenvalue weighted by Crippen LogP contribution is -2.01. The average Bonchev–Trinajstić information content (AvgIpc) is 2.62. The van der Waals surface area contributed by atoms with Crippen molar-refractivity contribution >= 4 is 11.3 Å². The highest BCUT2D eigenvalue weighted by atomic mass is 32.1. The van der Waals surface area contributed by atoms with Crippen molar-refractivity contribution in [1.82, 2.24) is 0 Å². The van der Waals surface area contributed by atoms with Crippen LogP contribution in [0.1, 0.15) is 29.0 Å². The second kappa shape index (κ2) is 4.40. The Labute approximate surface area is 101 Å². The zero-order valence-corrected chi connectivity index (χ0v) is 10.8. The van der Waals surface area contributed by atoms with Crippen LogP contribution in [0.5, 0.6) is 0 Å². The van der Waals surface area contributed by atoms with E-state index in [-0.39, 0.29) is 6.04 Å². The molecule has 1 nitrogen and oxygen atoms in total. The van der Waals surface area contributed by atoms with E-state index in [0.717, 1.165) is 0 Å². The summed E-state index contributed by atoms with van der Waals surface area (Å²) >= 11 is 1.80. The molecule has 84 valence electrons. The number of thiophene rings is 1. The van der Waals surface area contributed by atoms with Crippen LogP contribution in [0.25, 0.3) is 10.4 Å². The Kier molecular flexibility index (Phi) is 3.13. The van der Waals surface area contributed by atoms with Gasteiger partial charge >= 0.3 is 0 Å². The molecule has 16 heavy (non-hydrogen) atoms. The first kappa shape index (κ1) is 11.4. The largest absolute Gasteiger partial charge is 0.324 e. The van der Waals surface area contributed by atoms with Crippen molar-refractivity contribution in [2.75, 3.05) is 0 Å². The van der Waals surface area contributed by atoms with E-state index in [4.69, 9.17) is 5.73 Å². The standard InChI is InChI=1S/C14H17NS/c1-9-4-6-12(7-5-9)14-10(2)8-13(16-14)11(3)15/h4-8,11H,15H2,1-3H3. The number of nitrogens with two attached hydrogens (primary N) is 1. The van der Waals surface area contributed by atoms with Crippen LogP contribution in [0.4, 0.5) is 0 Å². The highest BCUT2D eigenvalue weighted by Crippen LogP contribution is 2.34. The molecule has 0 saturated heterocycles. The quantitative estimate of drug-likeness (QED) is 0.829. The fourth-order valence-electron chi connectivity index (χ4n) is 1.72. The maximum absolute atomic E-state index is 5.91. The molecule has 1 aromatic heterocycles. The van der Waals surface area contributed by atoms with E-state index < -0.39 is 0 Å². The molecule has 0 aliphatic heterocycles. The lowest BCUT2D eigenvalue weighted by Gasteiger charge is -2.01. The van der Waals surface area contributed by atoms with Crippen LogP contribution in [0.3, 0.4) is 0 Å². The van der Waals surface area contributed by atoms with E-state index in [1.807, 2.05) is 6.92 Å². The van der Waals surface area contributed by atoms with E-state index in [9.17, 15) is 0 Å². The van der Waals surface area contributed by atoms with E-state index >= 15 is 0 Å². The van der Waals surface area contributed by atoms with E-state index in [0.29, 0.717) is 0 Å². The minimum absolute atomic E-state index is 0.128. The minimum Gasteiger partial charge on any atom is -0.324 e. The highest BCUT2D eigenvalue weighted by molar-refractivity contribution is 7.15. The Morgan fingerprint density at radius 1 is 1.12 bits per heavy atom. The predicted molar refractivity (Wildman–Crippen MR) is 71.8 cm³/mol. The summed E-state index contributed by atoms with van der Waals surface area (Å²) in [7, 11) is 0. The smallest absolute Gasteiger partial charge is 0.0375 e. The monoisotopic (exact) mass is 231 g/mol. The summed E-state index contributed by atoms with van der Waals surface area (Å²) in [5.41, 5.74) is 9.82. The molecule has 1 atom stereocenters. The molecule has 0 fully saturated rings. The molecule has 1 aromatic carbocycles. The molecule has 0 aliphatic carbocycles. The highest BCUT2D eigenvalue weighted by Gasteiger charge is 2.09. The topological polar surface area (TPSA) is 26.0 Å². The van der Waals surface area contributed by atoms with E-state index in [2.05, 4.69) is 44.2 Å². The maximum atomic E-state index is 5.91. The Morgan fingerprint density at radius 2 is 1.75 bits per heavy atom. The zero-order valence-electron chi connectivity index (χ0n) is 9.95. The van der Waals surface area contributed by atoms with Crippen molar-refractivity contribution in [2.45, 2.75) is 26.8 Å². The number of hydrogen-bond acceptors (Lipinski definition) is 2. The fourth-order valence-corrected chi connectivity index (χ4v) is 2.85. The molecule has 0 aliphatic rings.